The lowest BCUT2D eigenvalue weighted by Gasteiger charge is -2.25. The van der Waals surface area contributed by atoms with E-state index in [0.717, 1.165) is 22.4 Å². The number of carbonyl (C=O) groups excluding carboxylic acids is 2. The van der Waals surface area contributed by atoms with Crippen molar-refractivity contribution in [2.45, 2.75) is 47.1 Å². The number of benzene rings is 2. The van der Waals surface area contributed by atoms with Crippen LogP contribution >= 0.6 is 0 Å². The van der Waals surface area contributed by atoms with Crippen LogP contribution in [0, 0.1) is 13.8 Å². The second kappa shape index (κ2) is 9.92. The van der Waals surface area contributed by atoms with Crippen molar-refractivity contribution < 1.29 is 14.3 Å². The van der Waals surface area contributed by atoms with Gasteiger partial charge in [0.05, 0.1) is 11.7 Å². The van der Waals surface area contributed by atoms with Crippen LogP contribution in [0.15, 0.2) is 54.2 Å². The van der Waals surface area contributed by atoms with Crippen LogP contribution in [-0.4, -0.2) is 42.5 Å². The molecule has 2 aromatic rings. The number of nitrogens with zero attached hydrogens (tertiary/aromatic N) is 2. The average molecular weight is 421 g/mol. The minimum atomic E-state index is -0.241. The maximum Gasteiger partial charge on any atom is 0.278 e. The van der Waals surface area contributed by atoms with E-state index in [1.807, 2.05) is 82.0 Å². The summed E-state index contributed by atoms with van der Waals surface area (Å²) in [5.74, 6) is -0.471. The van der Waals surface area contributed by atoms with Crippen LogP contribution in [0.4, 0.5) is 5.69 Å². The summed E-state index contributed by atoms with van der Waals surface area (Å²) in [5.41, 5.74) is 4.76. The Morgan fingerprint density at radius 2 is 1.71 bits per heavy atom. The highest BCUT2D eigenvalue weighted by atomic mass is 16.5. The molecule has 164 valence electrons. The SMILES string of the molecule is CCN(C1=C(c2ccc(C)cc2C)C(=O)N(CCCOC(C)C)C1=O)c1ccccc1. The number of amides is 2. The Morgan fingerprint density at radius 3 is 2.32 bits per heavy atom. The second-order valence-electron chi connectivity index (χ2n) is 8.16. The highest BCUT2D eigenvalue weighted by molar-refractivity contribution is 6.37. The summed E-state index contributed by atoms with van der Waals surface area (Å²) in [7, 11) is 0. The number of hydrogen-bond donors (Lipinski definition) is 0. The van der Waals surface area contributed by atoms with Crippen molar-refractivity contribution >= 4 is 23.1 Å². The van der Waals surface area contributed by atoms with Crippen molar-refractivity contribution in [3.05, 3.63) is 70.9 Å². The molecule has 2 aromatic carbocycles. The molecule has 0 unspecified atom stereocenters. The van der Waals surface area contributed by atoms with Gasteiger partial charge < -0.3 is 9.64 Å². The van der Waals surface area contributed by atoms with Gasteiger partial charge in [-0.2, -0.15) is 0 Å². The summed E-state index contributed by atoms with van der Waals surface area (Å²) in [4.78, 5) is 30.4. The number of anilines is 1. The van der Waals surface area contributed by atoms with E-state index in [1.165, 1.54) is 4.90 Å². The topological polar surface area (TPSA) is 49.9 Å². The number of ether oxygens (including phenoxy) is 1. The molecule has 0 atom stereocenters. The van der Waals surface area contributed by atoms with Gasteiger partial charge in [-0.05, 0) is 64.3 Å². The molecule has 5 nitrogen and oxygen atoms in total. The molecule has 3 rings (SSSR count). The number of imide groups is 1. The monoisotopic (exact) mass is 420 g/mol. The molecule has 0 fully saturated rings. The standard InChI is InChI=1S/C26H32N2O3/c1-6-27(21-11-8-7-9-12-21)24-23(22-14-13-19(4)17-20(22)5)25(29)28(26(24)30)15-10-16-31-18(2)3/h7-9,11-14,17-18H,6,10,15-16H2,1-5H3. The second-order valence-corrected chi connectivity index (χ2v) is 8.16. The zero-order valence-electron chi connectivity index (χ0n) is 19.1. The predicted octanol–water partition coefficient (Wildman–Crippen LogP) is 4.72. The van der Waals surface area contributed by atoms with Crippen LogP contribution < -0.4 is 4.90 Å². The van der Waals surface area contributed by atoms with Gasteiger partial charge >= 0.3 is 0 Å². The van der Waals surface area contributed by atoms with Crippen LogP contribution in [0.5, 0.6) is 0 Å². The fraction of sp³-hybridized carbons (Fsp3) is 0.385. The Bertz CT molecular complexity index is 979. The van der Waals surface area contributed by atoms with Crippen molar-refractivity contribution in [2.24, 2.45) is 0 Å². The van der Waals surface area contributed by atoms with Crippen molar-refractivity contribution in [3.63, 3.8) is 0 Å². The molecule has 31 heavy (non-hydrogen) atoms. The summed E-state index contributed by atoms with van der Waals surface area (Å²) in [6, 6.07) is 15.8. The molecule has 0 radical (unpaired) electrons. The van der Waals surface area contributed by atoms with E-state index >= 15 is 0 Å². The van der Waals surface area contributed by atoms with Gasteiger partial charge in [0.2, 0.25) is 0 Å². The fourth-order valence-electron chi connectivity index (χ4n) is 3.97. The van der Waals surface area contributed by atoms with Crippen molar-refractivity contribution in [1.29, 1.82) is 0 Å². The first kappa shape index (κ1) is 22.8. The van der Waals surface area contributed by atoms with Gasteiger partial charge in [0.1, 0.15) is 5.70 Å². The van der Waals surface area contributed by atoms with Crippen molar-refractivity contribution in [2.75, 3.05) is 24.6 Å². The normalized spacial score (nSPS) is 14.2. The zero-order chi connectivity index (χ0) is 22.5. The van der Waals surface area contributed by atoms with E-state index in [0.29, 0.717) is 37.4 Å². The Kier molecular flexibility index (Phi) is 7.29. The Morgan fingerprint density at radius 1 is 1.00 bits per heavy atom. The van der Waals surface area contributed by atoms with Gasteiger partial charge in [-0.25, -0.2) is 0 Å². The molecule has 2 amide bonds. The van der Waals surface area contributed by atoms with Gasteiger partial charge in [0.15, 0.2) is 0 Å². The minimum Gasteiger partial charge on any atom is -0.379 e. The minimum absolute atomic E-state index is 0.123. The van der Waals surface area contributed by atoms with Gasteiger partial charge in [0.25, 0.3) is 11.8 Å². The quantitative estimate of drug-likeness (QED) is 0.435. The first-order chi connectivity index (χ1) is 14.8. The highest BCUT2D eigenvalue weighted by Crippen LogP contribution is 2.35. The molecule has 0 saturated heterocycles. The van der Waals surface area contributed by atoms with Crippen LogP contribution in [0.1, 0.15) is 43.9 Å². The molecule has 0 bridgehead atoms. The molecule has 1 aliphatic heterocycles. The van der Waals surface area contributed by atoms with Gasteiger partial charge in [-0.1, -0.05) is 42.0 Å². The number of carbonyl (C=O) groups is 2. The van der Waals surface area contributed by atoms with Crippen LogP contribution in [0.25, 0.3) is 5.57 Å². The molecule has 0 aromatic heterocycles. The molecule has 1 aliphatic rings. The number of likely N-dealkylation sites (N-methyl/N-ethyl adjacent to an activating group) is 1. The molecule has 0 saturated carbocycles. The highest BCUT2D eigenvalue weighted by Gasteiger charge is 2.41. The van der Waals surface area contributed by atoms with Gasteiger partial charge in [-0.15, -0.1) is 0 Å². The molecular weight excluding hydrogens is 388 g/mol. The Balaban J connectivity index is 2.04. The predicted molar refractivity (Wildman–Crippen MR) is 125 cm³/mol. The summed E-state index contributed by atoms with van der Waals surface area (Å²) < 4.78 is 5.61. The third-order valence-electron chi connectivity index (χ3n) is 5.43. The van der Waals surface area contributed by atoms with Gasteiger partial charge in [-0.3, -0.25) is 14.5 Å². The lowest BCUT2D eigenvalue weighted by molar-refractivity contribution is -0.137. The van der Waals surface area contributed by atoms with E-state index in [-0.39, 0.29) is 17.9 Å². The third-order valence-corrected chi connectivity index (χ3v) is 5.43. The van der Waals surface area contributed by atoms with Crippen molar-refractivity contribution in [3.8, 4) is 0 Å². The van der Waals surface area contributed by atoms with Gasteiger partial charge in [0, 0.05) is 25.4 Å². The zero-order valence-corrected chi connectivity index (χ0v) is 19.1. The lowest BCUT2D eigenvalue weighted by Crippen LogP contribution is -2.36. The molecular formula is C26H32N2O3. The summed E-state index contributed by atoms with van der Waals surface area (Å²) in [6.07, 6.45) is 0.735. The number of para-hydroxylation sites is 1. The first-order valence-electron chi connectivity index (χ1n) is 11.0. The molecule has 1 heterocycles. The maximum atomic E-state index is 13.5. The van der Waals surface area contributed by atoms with Crippen molar-refractivity contribution in [1.82, 2.24) is 4.90 Å². The van der Waals surface area contributed by atoms with E-state index in [1.54, 1.807) is 0 Å². The summed E-state index contributed by atoms with van der Waals surface area (Å²) in [6.45, 7) is 11.4. The Hall–Kier alpha value is -2.92. The van der Waals surface area contributed by atoms with E-state index in [2.05, 4.69) is 6.07 Å². The molecule has 0 spiro atoms. The summed E-state index contributed by atoms with van der Waals surface area (Å²) >= 11 is 0. The maximum absolute atomic E-state index is 13.5. The number of hydrogen-bond acceptors (Lipinski definition) is 4. The smallest absolute Gasteiger partial charge is 0.278 e. The fourth-order valence-corrected chi connectivity index (χ4v) is 3.97. The molecule has 0 N–H and O–H groups in total. The van der Waals surface area contributed by atoms with E-state index in [4.69, 9.17) is 4.74 Å². The number of aryl methyl sites for hydroxylation is 2. The number of rotatable bonds is 9. The summed E-state index contributed by atoms with van der Waals surface area (Å²) in [5, 5.41) is 0. The van der Waals surface area contributed by atoms with Crippen LogP contribution in [-0.2, 0) is 14.3 Å². The average Bonchev–Trinajstić information content (AvgIpc) is 2.97. The third kappa shape index (κ3) is 4.88. The molecule has 5 heteroatoms. The van der Waals surface area contributed by atoms with Crippen LogP contribution in [0.3, 0.4) is 0 Å². The largest absolute Gasteiger partial charge is 0.379 e. The lowest BCUT2D eigenvalue weighted by atomic mass is 9.97. The van der Waals surface area contributed by atoms with E-state index < -0.39 is 0 Å². The van der Waals surface area contributed by atoms with Crippen LogP contribution in [0.2, 0.25) is 0 Å². The Labute approximate surface area is 185 Å². The first-order valence-corrected chi connectivity index (χ1v) is 11.0. The van der Waals surface area contributed by atoms with E-state index in [9.17, 15) is 9.59 Å². The molecule has 0 aliphatic carbocycles.